The van der Waals surface area contributed by atoms with Crippen molar-refractivity contribution in [1.29, 1.82) is 0 Å². The van der Waals surface area contributed by atoms with Crippen molar-refractivity contribution in [2.24, 2.45) is 5.73 Å². The van der Waals surface area contributed by atoms with Crippen molar-refractivity contribution in [2.45, 2.75) is 0 Å². The number of hydrogen-bond donors (Lipinski definition) is 1. The van der Waals surface area contributed by atoms with E-state index in [2.05, 4.69) is 6.58 Å². The quantitative estimate of drug-likeness (QED) is 0.594. The first kappa shape index (κ1) is 8.98. The molecule has 56 valence electrons. The van der Waals surface area contributed by atoms with Gasteiger partial charge in [-0.2, -0.15) is 0 Å². The molecule has 0 spiro atoms. The summed E-state index contributed by atoms with van der Waals surface area (Å²) in [6, 6.07) is 0. The number of rotatable bonds is 4. The standard InChI is InChI=1S/C8H13NO/c1-8(7-10-2)5-3-4-6-9/h3-6H,1,7,9H2,2H3/b5-3-,6-4-. The van der Waals surface area contributed by atoms with Crippen LogP contribution in [-0.2, 0) is 4.74 Å². The Morgan fingerprint density at radius 3 is 2.80 bits per heavy atom. The van der Waals surface area contributed by atoms with Gasteiger partial charge in [-0.1, -0.05) is 18.7 Å². The van der Waals surface area contributed by atoms with Gasteiger partial charge in [-0.15, -0.1) is 0 Å². The minimum absolute atomic E-state index is 0.564. The predicted octanol–water partition coefficient (Wildman–Crippen LogP) is 1.22. The zero-order valence-electron chi connectivity index (χ0n) is 6.21. The molecule has 0 fully saturated rings. The van der Waals surface area contributed by atoms with Crippen LogP contribution < -0.4 is 5.73 Å². The lowest BCUT2D eigenvalue weighted by Crippen LogP contribution is -1.88. The molecule has 0 saturated heterocycles. The van der Waals surface area contributed by atoms with E-state index in [1.54, 1.807) is 13.2 Å². The molecule has 0 atom stereocenters. The average Bonchev–Trinajstić information content (AvgIpc) is 1.89. The SMILES string of the molecule is C=C(/C=C\C=C/N)COC. The molecule has 0 aliphatic rings. The lowest BCUT2D eigenvalue weighted by Gasteiger charge is -1.93. The molecule has 0 aromatic carbocycles. The van der Waals surface area contributed by atoms with Crippen LogP contribution in [0.15, 0.2) is 36.6 Å². The molecule has 0 amide bonds. The van der Waals surface area contributed by atoms with Gasteiger partial charge in [-0.3, -0.25) is 0 Å². The number of hydrogen-bond acceptors (Lipinski definition) is 2. The summed E-state index contributed by atoms with van der Waals surface area (Å²) in [5.74, 6) is 0. The zero-order valence-corrected chi connectivity index (χ0v) is 6.21. The Morgan fingerprint density at radius 1 is 1.60 bits per heavy atom. The molecule has 0 saturated carbocycles. The predicted molar refractivity (Wildman–Crippen MR) is 43.5 cm³/mol. The second-order valence-corrected chi connectivity index (χ2v) is 1.84. The van der Waals surface area contributed by atoms with Gasteiger partial charge in [0.15, 0.2) is 0 Å². The summed E-state index contributed by atoms with van der Waals surface area (Å²) in [5, 5.41) is 0. The second kappa shape index (κ2) is 6.11. The highest BCUT2D eigenvalue weighted by atomic mass is 16.5. The molecule has 2 N–H and O–H groups in total. The third kappa shape index (κ3) is 5.12. The number of ether oxygens (including phenoxy) is 1. The second-order valence-electron chi connectivity index (χ2n) is 1.84. The van der Waals surface area contributed by atoms with Crippen molar-refractivity contribution in [3.8, 4) is 0 Å². The smallest absolute Gasteiger partial charge is 0.0707 e. The van der Waals surface area contributed by atoms with E-state index >= 15 is 0 Å². The summed E-state index contributed by atoms with van der Waals surface area (Å²) in [5.41, 5.74) is 6.03. The van der Waals surface area contributed by atoms with Gasteiger partial charge in [0.05, 0.1) is 6.61 Å². The van der Waals surface area contributed by atoms with Crippen molar-refractivity contribution in [1.82, 2.24) is 0 Å². The van der Waals surface area contributed by atoms with E-state index in [1.807, 2.05) is 12.2 Å². The van der Waals surface area contributed by atoms with E-state index in [-0.39, 0.29) is 0 Å². The fraction of sp³-hybridized carbons (Fsp3) is 0.250. The highest BCUT2D eigenvalue weighted by Crippen LogP contribution is 1.92. The number of methoxy groups -OCH3 is 1. The summed E-state index contributed by atoms with van der Waals surface area (Å²) in [7, 11) is 1.64. The molecule has 2 nitrogen and oxygen atoms in total. The van der Waals surface area contributed by atoms with Crippen LogP contribution in [0.2, 0.25) is 0 Å². The van der Waals surface area contributed by atoms with Gasteiger partial charge < -0.3 is 10.5 Å². The first-order chi connectivity index (χ1) is 4.81. The zero-order chi connectivity index (χ0) is 7.82. The van der Waals surface area contributed by atoms with Crippen LogP contribution in [0, 0.1) is 0 Å². The monoisotopic (exact) mass is 139 g/mol. The molecule has 0 aliphatic heterocycles. The maximum atomic E-state index is 5.10. The molecular weight excluding hydrogens is 126 g/mol. The Balaban J connectivity index is 3.56. The molecule has 0 radical (unpaired) electrons. The average molecular weight is 139 g/mol. The van der Waals surface area contributed by atoms with E-state index in [1.165, 1.54) is 6.20 Å². The van der Waals surface area contributed by atoms with E-state index in [0.717, 1.165) is 5.57 Å². The van der Waals surface area contributed by atoms with Crippen LogP contribution in [0.1, 0.15) is 0 Å². The molecular formula is C8H13NO. The Bertz CT molecular complexity index is 147. The minimum Gasteiger partial charge on any atom is -0.405 e. The van der Waals surface area contributed by atoms with Gasteiger partial charge in [-0.25, -0.2) is 0 Å². The Hall–Kier alpha value is -1.02. The first-order valence-corrected chi connectivity index (χ1v) is 3.03. The van der Waals surface area contributed by atoms with Crippen molar-refractivity contribution in [2.75, 3.05) is 13.7 Å². The van der Waals surface area contributed by atoms with Crippen LogP contribution in [-0.4, -0.2) is 13.7 Å². The molecule has 0 rings (SSSR count). The van der Waals surface area contributed by atoms with Gasteiger partial charge in [0, 0.05) is 7.11 Å². The largest absolute Gasteiger partial charge is 0.405 e. The summed E-state index contributed by atoms with van der Waals surface area (Å²) < 4.78 is 4.83. The maximum Gasteiger partial charge on any atom is 0.0707 e. The lowest BCUT2D eigenvalue weighted by atomic mass is 10.3. The van der Waals surface area contributed by atoms with Gasteiger partial charge in [0.2, 0.25) is 0 Å². The lowest BCUT2D eigenvalue weighted by molar-refractivity contribution is 0.228. The molecule has 2 heteroatoms. The van der Waals surface area contributed by atoms with Gasteiger partial charge in [-0.05, 0) is 17.8 Å². The van der Waals surface area contributed by atoms with Crippen molar-refractivity contribution in [3.05, 3.63) is 36.6 Å². The Morgan fingerprint density at radius 2 is 2.30 bits per heavy atom. The van der Waals surface area contributed by atoms with Gasteiger partial charge in [0.1, 0.15) is 0 Å². The van der Waals surface area contributed by atoms with E-state index < -0.39 is 0 Å². The molecule has 0 aromatic heterocycles. The fourth-order valence-electron chi connectivity index (χ4n) is 0.489. The molecule has 0 aromatic rings. The molecule has 10 heavy (non-hydrogen) atoms. The molecule has 0 unspecified atom stereocenters. The number of nitrogens with two attached hydrogens (primary N) is 1. The van der Waals surface area contributed by atoms with Crippen molar-refractivity contribution >= 4 is 0 Å². The summed E-state index contributed by atoms with van der Waals surface area (Å²) >= 11 is 0. The molecule has 0 bridgehead atoms. The van der Waals surface area contributed by atoms with E-state index in [9.17, 15) is 0 Å². The minimum atomic E-state index is 0.564. The summed E-state index contributed by atoms with van der Waals surface area (Å²) in [4.78, 5) is 0. The van der Waals surface area contributed by atoms with E-state index in [0.29, 0.717) is 6.61 Å². The van der Waals surface area contributed by atoms with Crippen LogP contribution in [0.25, 0.3) is 0 Å². The summed E-state index contributed by atoms with van der Waals surface area (Å²) in [6.07, 6.45) is 6.88. The Labute approximate surface area is 61.7 Å². The van der Waals surface area contributed by atoms with Crippen LogP contribution >= 0.6 is 0 Å². The van der Waals surface area contributed by atoms with Gasteiger partial charge in [0.25, 0.3) is 0 Å². The summed E-state index contributed by atoms with van der Waals surface area (Å²) in [6.45, 7) is 4.29. The third-order valence-corrected chi connectivity index (χ3v) is 0.884. The first-order valence-electron chi connectivity index (χ1n) is 3.03. The van der Waals surface area contributed by atoms with E-state index in [4.69, 9.17) is 10.5 Å². The molecule has 0 aliphatic carbocycles. The highest BCUT2D eigenvalue weighted by molar-refractivity contribution is 5.18. The van der Waals surface area contributed by atoms with Crippen molar-refractivity contribution < 1.29 is 4.74 Å². The topological polar surface area (TPSA) is 35.2 Å². The van der Waals surface area contributed by atoms with Gasteiger partial charge >= 0.3 is 0 Å². The highest BCUT2D eigenvalue weighted by Gasteiger charge is 1.81. The molecule has 0 heterocycles. The van der Waals surface area contributed by atoms with Crippen molar-refractivity contribution in [3.63, 3.8) is 0 Å². The Kier molecular flexibility index (Phi) is 5.48. The van der Waals surface area contributed by atoms with Crippen LogP contribution in [0.5, 0.6) is 0 Å². The maximum absolute atomic E-state index is 5.10. The van der Waals surface area contributed by atoms with Crippen LogP contribution in [0.4, 0.5) is 0 Å². The normalized spacial score (nSPS) is 11.3. The third-order valence-electron chi connectivity index (χ3n) is 0.884. The number of allylic oxidation sites excluding steroid dienone is 2. The fourth-order valence-corrected chi connectivity index (χ4v) is 0.489. The van der Waals surface area contributed by atoms with Crippen LogP contribution in [0.3, 0.4) is 0 Å².